The summed E-state index contributed by atoms with van der Waals surface area (Å²) in [5.74, 6) is 0. The molecule has 80 valence electrons. The molecule has 6 heteroatoms. The van der Waals surface area contributed by atoms with Crippen molar-refractivity contribution < 1.29 is 10.0 Å². The molecular formula is C10H10BN3O2. The maximum Gasteiger partial charge on any atom is 0.492 e. The Morgan fingerprint density at radius 1 is 1.06 bits per heavy atom. The van der Waals surface area contributed by atoms with E-state index >= 15 is 0 Å². The van der Waals surface area contributed by atoms with Gasteiger partial charge in [0.2, 0.25) is 0 Å². The Bertz CT molecular complexity index is 491. The van der Waals surface area contributed by atoms with Crippen molar-refractivity contribution in [1.82, 2.24) is 9.97 Å². The van der Waals surface area contributed by atoms with Gasteiger partial charge in [-0.25, -0.2) is 0 Å². The highest BCUT2D eigenvalue weighted by Crippen LogP contribution is 2.13. The molecular weight excluding hydrogens is 205 g/mol. The SMILES string of the molecule is Nc1ccnc(-c2ccccn2)c1B(O)O. The normalized spacial score (nSPS) is 10.1. The largest absolute Gasteiger partial charge is 0.492 e. The Balaban J connectivity index is 2.61. The van der Waals surface area contributed by atoms with E-state index in [1.807, 2.05) is 0 Å². The van der Waals surface area contributed by atoms with E-state index < -0.39 is 7.12 Å². The lowest BCUT2D eigenvalue weighted by Crippen LogP contribution is -2.34. The monoisotopic (exact) mass is 215 g/mol. The first-order chi connectivity index (χ1) is 7.70. The summed E-state index contributed by atoms with van der Waals surface area (Å²) in [6.07, 6.45) is 3.11. The van der Waals surface area contributed by atoms with Crippen LogP contribution in [0.3, 0.4) is 0 Å². The van der Waals surface area contributed by atoms with Crippen molar-refractivity contribution in [2.24, 2.45) is 0 Å². The zero-order valence-corrected chi connectivity index (χ0v) is 8.41. The van der Waals surface area contributed by atoms with Gasteiger partial charge in [-0.15, -0.1) is 0 Å². The number of rotatable bonds is 2. The highest BCUT2D eigenvalue weighted by Gasteiger charge is 2.21. The minimum Gasteiger partial charge on any atom is -0.423 e. The molecule has 0 atom stereocenters. The average molecular weight is 215 g/mol. The van der Waals surface area contributed by atoms with Gasteiger partial charge in [-0.1, -0.05) is 6.07 Å². The van der Waals surface area contributed by atoms with Crippen LogP contribution in [-0.2, 0) is 0 Å². The highest BCUT2D eigenvalue weighted by molar-refractivity contribution is 6.62. The Labute approximate surface area is 92.7 Å². The van der Waals surface area contributed by atoms with E-state index in [9.17, 15) is 10.0 Å². The molecule has 0 aromatic carbocycles. The van der Waals surface area contributed by atoms with Crippen molar-refractivity contribution in [1.29, 1.82) is 0 Å². The number of nitrogens with zero attached hydrogens (tertiary/aromatic N) is 2. The third-order valence-electron chi connectivity index (χ3n) is 2.19. The molecule has 0 aliphatic heterocycles. The molecule has 5 nitrogen and oxygen atoms in total. The first-order valence-corrected chi connectivity index (χ1v) is 4.72. The molecule has 0 unspecified atom stereocenters. The maximum absolute atomic E-state index is 9.25. The summed E-state index contributed by atoms with van der Waals surface area (Å²) in [5.41, 5.74) is 7.07. The van der Waals surface area contributed by atoms with E-state index in [4.69, 9.17) is 5.73 Å². The third-order valence-corrected chi connectivity index (χ3v) is 2.19. The van der Waals surface area contributed by atoms with Crippen LogP contribution in [0.1, 0.15) is 0 Å². The second kappa shape index (κ2) is 4.30. The number of nitrogen functional groups attached to an aromatic ring is 1. The van der Waals surface area contributed by atoms with Gasteiger partial charge in [0.05, 0.1) is 11.4 Å². The second-order valence-electron chi connectivity index (χ2n) is 3.25. The summed E-state index contributed by atoms with van der Waals surface area (Å²) < 4.78 is 0. The number of nitrogens with two attached hydrogens (primary N) is 1. The number of hydrogen-bond donors (Lipinski definition) is 3. The van der Waals surface area contributed by atoms with E-state index in [0.717, 1.165) is 0 Å². The molecule has 0 aliphatic carbocycles. The Morgan fingerprint density at radius 3 is 2.50 bits per heavy atom. The molecule has 2 aromatic rings. The van der Waals surface area contributed by atoms with Gasteiger partial charge in [0.25, 0.3) is 0 Å². The first kappa shape index (κ1) is 10.6. The van der Waals surface area contributed by atoms with Crippen LogP contribution in [0.15, 0.2) is 36.7 Å². The minimum absolute atomic E-state index is 0.182. The molecule has 0 aliphatic rings. The highest BCUT2D eigenvalue weighted by atomic mass is 16.4. The van der Waals surface area contributed by atoms with Crippen LogP contribution in [0.25, 0.3) is 11.4 Å². The summed E-state index contributed by atoms with van der Waals surface area (Å²) in [7, 11) is -1.66. The molecule has 2 aromatic heterocycles. The van der Waals surface area contributed by atoms with E-state index in [2.05, 4.69) is 9.97 Å². The fourth-order valence-electron chi connectivity index (χ4n) is 1.47. The van der Waals surface area contributed by atoms with Crippen LogP contribution in [0.4, 0.5) is 5.69 Å². The van der Waals surface area contributed by atoms with Crippen LogP contribution in [-0.4, -0.2) is 27.1 Å². The standard InChI is InChI=1S/C10H10BN3O2/c12-7-4-6-14-10(9(7)11(15)16)8-3-1-2-5-13-8/h1-6,15-16H,(H2,12,14). The fourth-order valence-corrected chi connectivity index (χ4v) is 1.47. The average Bonchev–Trinajstić information content (AvgIpc) is 2.29. The van der Waals surface area contributed by atoms with Crippen molar-refractivity contribution >= 4 is 18.3 Å². The second-order valence-corrected chi connectivity index (χ2v) is 3.25. The predicted molar refractivity (Wildman–Crippen MR) is 61.7 cm³/mol. The summed E-state index contributed by atoms with van der Waals surface area (Å²) >= 11 is 0. The number of anilines is 1. The number of aromatic nitrogens is 2. The van der Waals surface area contributed by atoms with Gasteiger partial charge in [-0.2, -0.15) is 0 Å². The Hall–Kier alpha value is -1.92. The van der Waals surface area contributed by atoms with Crippen molar-refractivity contribution in [2.45, 2.75) is 0 Å². The first-order valence-electron chi connectivity index (χ1n) is 4.72. The minimum atomic E-state index is -1.66. The van der Waals surface area contributed by atoms with E-state index in [1.165, 1.54) is 12.3 Å². The van der Waals surface area contributed by atoms with Gasteiger partial charge in [0.15, 0.2) is 0 Å². The van der Waals surface area contributed by atoms with Crippen LogP contribution in [0.5, 0.6) is 0 Å². The molecule has 0 saturated carbocycles. The molecule has 0 radical (unpaired) electrons. The lowest BCUT2D eigenvalue weighted by Gasteiger charge is -2.09. The van der Waals surface area contributed by atoms with Crippen molar-refractivity contribution in [3.05, 3.63) is 36.7 Å². The van der Waals surface area contributed by atoms with Crippen LogP contribution in [0.2, 0.25) is 0 Å². The van der Waals surface area contributed by atoms with Gasteiger partial charge in [0.1, 0.15) is 0 Å². The fraction of sp³-hybridized carbons (Fsp3) is 0. The third kappa shape index (κ3) is 1.88. The molecule has 0 amide bonds. The van der Waals surface area contributed by atoms with Crippen LogP contribution >= 0.6 is 0 Å². The molecule has 16 heavy (non-hydrogen) atoms. The maximum atomic E-state index is 9.25. The van der Waals surface area contributed by atoms with Crippen LogP contribution in [0, 0.1) is 0 Å². The van der Waals surface area contributed by atoms with E-state index in [0.29, 0.717) is 11.4 Å². The van der Waals surface area contributed by atoms with Gasteiger partial charge in [0, 0.05) is 23.5 Å². The molecule has 0 fully saturated rings. The molecule has 4 N–H and O–H groups in total. The number of pyridine rings is 2. The van der Waals surface area contributed by atoms with Gasteiger partial charge in [-0.3, -0.25) is 9.97 Å². The quantitative estimate of drug-likeness (QED) is 0.582. The molecule has 0 saturated heterocycles. The van der Waals surface area contributed by atoms with Gasteiger partial charge in [-0.05, 0) is 18.2 Å². The molecule has 0 bridgehead atoms. The Morgan fingerprint density at radius 2 is 1.88 bits per heavy atom. The molecule has 2 heterocycles. The summed E-state index contributed by atoms with van der Waals surface area (Å²) in [6.45, 7) is 0. The van der Waals surface area contributed by atoms with Gasteiger partial charge < -0.3 is 15.8 Å². The molecule has 0 spiro atoms. The summed E-state index contributed by atoms with van der Waals surface area (Å²) in [6, 6.07) is 6.81. The summed E-state index contributed by atoms with van der Waals surface area (Å²) in [4.78, 5) is 8.16. The van der Waals surface area contributed by atoms with Crippen molar-refractivity contribution in [2.75, 3.05) is 5.73 Å². The number of hydrogen-bond acceptors (Lipinski definition) is 5. The lowest BCUT2D eigenvalue weighted by molar-refractivity contribution is 0.426. The van der Waals surface area contributed by atoms with Crippen molar-refractivity contribution in [3.8, 4) is 11.4 Å². The zero-order chi connectivity index (χ0) is 11.5. The van der Waals surface area contributed by atoms with Crippen LogP contribution < -0.4 is 11.2 Å². The van der Waals surface area contributed by atoms with E-state index in [1.54, 1.807) is 24.4 Å². The molecule has 2 rings (SSSR count). The predicted octanol–water partition coefficient (Wildman–Crippen LogP) is -0.594. The topological polar surface area (TPSA) is 92.3 Å². The zero-order valence-electron chi connectivity index (χ0n) is 8.41. The smallest absolute Gasteiger partial charge is 0.423 e. The van der Waals surface area contributed by atoms with Crippen molar-refractivity contribution in [3.63, 3.8) is 0 Å². The summed E-state index contributed by atoms with van der Waals surface area (Å²) in [5, 5.41) is 18.5. The Kier molecular flexibility index (Phi) is 2.85. The lowest BCUT2D eigenvalue weighted by atomic mass is 9.77. The van der Waals surface area contributed by atoms with E-state index in [-0.39, 0.29) is 11.2 Å². The van der Waals surface area contributed by atoms with Gasteiger partial charge >= 0.3 is 7.12 Å².